The molecular weight excluding hydrogens is 330 g/mol. The summed E-state index contributed by atoms with van der Waals surface area (Å²) in [6, 6.07) is 11.2. The molecular formula is C19H23N5O2. The number of nitrogens with zero attached hydrogens (tertiary/aromatic N) is 1. The van der Waals surface area contributed by atoms with Crippen LogP contribution in [0.4, 0.5) is 11.4 Å². The highest BCUT2D eigenvalue weighted by atomic mass is 16.6. The summed E-state index contributed by atoms with van der Waals surface area (Å²) in [5.74, 6) is -0.547. The molecule has 0 aromatic heterocycles. The van der Waals surface area contributed by atoms with Gasteiger partial charge in [-0.15, -0.1) is 0 Å². The largest absolute Gasteiger partial charge is 0.388 e. The Kier molecular flexibility index (Phi) is 4.67. The highest BCUT2D eigenvalue weighted by molar-refractivity contribution is 5.84. The molecule has 2 aromatic rings. The number of fused-ring (bicyclic) bond motifs is 1. The number of nitro benzene ring substituents is 1. The smallest absolute Gasteiger partial charge is 0.272 e. The number of benzene rings is 2. The maximum absolute atomic E-state index is 11.2. The standard InChI is InChI=1S/C19H23N5O2/c1-12-14(6-5-7-18(12)24(25)26)13-8-9-16-15(10-13)17(20-2)11-19(21-3,22-4)23-16/h5-11,20-23H,1-4H3. The van der Waals surface area contributed by atoms with Crippen LogP contribution in [0.1, 0.15) is 11.1 Å². The molecule has 0 atom stereocenters. The summed E-state index contributed by atoms with van der Waals surface area (Å²) in [4.78, 5) is 10.9. The zero-order valence-corrected chi connectivity index (χ0v) is 15.3. The summed E-state index contributed by atoms with van der Waals surface area (Å²) < 4.78 is 0. The van der Waals surface area contributed by atoms with E-state index in [1.54, 1.807) is 13.0 Å². The fourth-order valence-electron chi connectivity index (χ4n) is 3.32. The molecule has 1 aliphatic heterocycles. The predicted octanol–water partition coefficient (Wildman–Crippen LogP) is 2.65. The number of nitro groups is 1. The molecule has 1 aliphatic rings. The maximum Gasteiger partial charge on any atom is 0.272 e. The lowest BCUT2D eigenvalue weighted by atomic mass is 9.94. The van der Waals surface area contributed by atoms with Crippen LogP contribution in [-0.4, -0.2) is 31.9 Å². The molecule has 0 radical (unpaired) electrons. The second kappa shape index (κ2) is 6.78. The Bertz CT molecular complexity index is 887. The van der Waals surface area contributed by atoms with Crippen LogP contribution in [0.25, 0.3) is 16.8 Å². The van der Waals surface area contributed by atoms with Crippen LogP contribution >= 0.6 is 0 Å². The lowest BCUT2D eigenvalue weighted by Gasteiger charge is -2.37. The van der Waals surface area contributed by atoms with Crippen LogP contribution in [0.2, 0.25) is 0 Å². The van der Waals surface area contributed by atoms with Crippen molar-refractivity contribution in [3.8, 4) is 11.1 Å². The molecule has 0 bridgehead atoms. The van der Waals surface area contributed by atoms with E-state index in [1.165, 1.54) is 6.07 Å². The van der Waals surface area contributed by atoms with Gasteiger partial charge in [0.25, 0.3) is 5.69 Å². The molecule has 0 spiro atoms. The van der Waals surface area contributed by atoms with Gasteiger partial charge in [-0.3, -0.25) is 20.7 Å². The van der Waals surface area contributed by atoms with E-state index in [2.05, 4.69) is 21.3 Å². The number of hydrogen-bond donors (Lipinski definition) is 4. The molecule has 0 aliphatic carbocycles. The quantitative estimate of drug-likeness (QED) is 0.375. The van der Waals surface area contributed by atoms with Crippen LogP contribution in [-0.2, 0) is 0 Å². The molecule has 0 fully saturated rings. The van der Waals surface area contributed by atoms with Crippen molar-refractivity contribution in [2.24, 2.45) is 0 Å². The number of likely N-dealkylation sites (N-methyl/N-ethyl adjacent to an activating group) is 2. The molecule has 136 valence electrons. The lowest BCUT2D eigenvalue weighted by Crippen LogP contribution is -2.60. The van der Waals surface area contributed by atoms with Gasteiger partial charge in [0.2, 0.25) is 0 Å². The molecule has 0 saturated carbocycles. The van der Waals surface area contributed by atoms with E-state index in [0.717, 1.165) is 28.1 Å². The molecule has 7 nitrogen and oxygen atoms in total. The third-order valence-electron chi connectivity index (χ3n) is 4.87. The van der Waals surface area contributed by atoms with Gasteiger partial charge in [0.1, 0.15) is 0 Å². The number of hydrogen-bond acceptors (Lipinski definition) is 6. The minimum Gasteiger partial charge on any atom is -0.388 e. The monoisotopic (exact) mass is 353 g/mol. The second-order valence-corrected chi connectivity index (χ2v) is 6.21. The van der Waals surface area contributed by atoms with Crippen molar-refractivity contribution < 1.29 is 4.92 Å². The highest BCUT2D eigenvalue weighted by Crippen LogP contribution is 2.36. The highest BCUT2D eigenvalue weighted by Gasteiger charge is 2.30. The summed E-state index contributed by atoms with van der Waals surface area (Å²) in [6.07, 6.45) is 2.04. The van der Waals surface area contributed by atoms with Crippen molar-refractivity contribution in [3.63, 3.8) is 0 Å². The van der Waals surface area contributed by atoms with Gasteiger partial charge in [0.15, 0.2) is 5.79 Å². The van der Waals surface area contributed by atoms with Gasteiger partial charge < -0.3 is 10.6 Å². The first-order valence-electron chi connectivity index (χ1n) is 8.40. The van der Waals surface area contributed by atoms with Crippen molar-refractivity contribution in [2.75, 3.05) is 26.5 Å². The topological polar surface area (TPSA) is 91.3 Å². The van der Waals surface area contributed by atoms with E-state index in [1.807, 2.05) is 51.5 Å². The molecule has 3 rings (SSSR count). The van der Waals surface area contributed by atoms with Gasteiger partial charge in [-0.25, -0.2) is 0 Å². The van der Waals surface area contributed by atoms with Gasteiger partial charge in [0, 0.05) is 35.6 Å². The van der Waals surface area contributed by atoms with Gasteiger partial charge in [-0.05, 0) is 50.4 Å². The second-order valence-electron chi connectivity index (χ2n) is 6.21. The van der Waals surface area contributed by atoms with Crippen molar-refractivity contribution in [1.29, 1.82) is 0 Å². The van der Waals surface area contributed by atoms with E-state index in [9.17, 15) is 10.1 Å². The Morgan fingerprint density at radius 2 is 1.81 bits per heavy atom. The number of anilines is 1. The average molecular weight is 353 g/mol. The number of rotatable bonds is 5. The predicted molar refractivity (Wildman–Crippen MR) is 105 cm³/mol. The third kappa shape index (κ3) is 2.91. The van der Waals surface area contributed by atoms with Crippen LogP contribution in [0.5, 0.6) is 0 Å². The van der Waals surface area contributed by atoms with E-state index < -0.39 is 5.79 Å². The first-order valence-corrected chi connectivity index (χ1v) is 8.40. The van der Waals surface area contributed by atoms with Crippen molar-refractivity contribution in [1.82, 2.24) is 16.0 Å². The maximum atomic E-state index is 11.2. The number of nitrogens with one attached hydrogen (secondary N) is 4. The van der Waals surface area contributed by atoms with Crippen LogP contribution in [0, 0.1) is 17.0 Å². The van der Waals surface area contributed by atoms with Crippen LogP contribution in [0.3, 0.4) is 0 Å². The first kappa shape index (κ1) is 17.9. The average Bonchev–Trinajstić information content (AvgIpc) is 2.66. The molecule has 26 heavy (non-hydrogen) atoms. The van der Waals surface area contributed by atoms with Crippen molar-refractivity contribution >= 4 is 17.1 Å². The van der Waals surface area contributed by atoms with Gasteiger partial charge >= 0.3 is 0 Å². The summed E-state index contributed by atoms with van der Waals surface area (Å²) in [6.45, 7) is 1.78. The van der Waals surface area contributed by atoms with E-state index in [-0.39, 0.29) is 10.6 Å². The van der Waals surface area contributed by atoms with Crippen LogP contribution in [0.15, 0.2) is 42.5 Å². The molecule has 2 aromatic carbocycles. The normalized spacial score (nSPS) is 14.8. The van der Waals surface area contributed by atoms with Gasteiger partial charge in [-0.1, -0.05) is 18.2 Å². The van der Waals surface area contributed by atoms with Gasteiger partial charge in [0.05, 0.1) is 4.92 Å². The van der Waals surface area contributed by atoms with E-state index >= 15 is 0 Å². The lowest BCUT2D eigenvalue weighted by molar-refractivity contribution is -0.385. The Morgan fingerprint density at radius 3 is 2.42 bits per heavy atom. The minimum absolute atomic E-state index is 0.132. The summed E-state index contributed by atoms with van der Waals surface area (Å²) in [7, 11) is 5.63. The van der Waals surface area contributed by atoms with Gasteiger partial charge in [-0.2, -0.15) is 0 Å². The Morgan fingerprint density at radius 1 is 1.08 bits per heavy atom. The Hall–Kier alpha value is -2.90. The summed E-state index contributed by atoms with van der Waals surface area (Å²) in [5.41, 5.74) is 5.53. The Labute approximate surface area is 152 Å². The van der Waals surface area contributed by atoms with Crippen molar-refractivity contribution in [3.05, 3.63) is 63.7 Å². The zero-order chi connectivity index (χ0) is 18.9. The SMILES string of the molecule is CNC1=CC(NC)(NC)Nc2ccc(-c3cccc([N+](=O)[O-])c3C)cc21. The minimum atomic E-state index is -0.547. The van der Waals surface area contributed by atoms with Crippen molar-refractivity contribution in [2.45, 2.75) is 12.7 Å². The molecule has 7 heteroatoms. The summed E-state index contributed by atoms with van der Waals surface area (Å²) >= 11 is 0. The first-order chi connectivity index (χ1) is 12.4. The fraction of sp³-hybridized carbons (Fsp3) is 0.263. The third-order valence-corrected chi connectivity index (χ3v) is 4.87. The summed E-state index contributed by atoms with van der Waals surface area (Å²) in [5, 5.41) is 24.4. The fourth-order valence-corrected chi connectivity index (χ4v) is 3.32. The molecule has 0 amide bonds. The van der Waals surface area contributed by atoms with Crippen LogP contribution < -0.4 is 21.3 Å². The zero-order valence-electron chi connectivity index (χ0n) is 15.3. The molecule has 4 N–H and O–H groups in total. The van der Waals surface area contributed by atoms with E-state index in [0.29, 0.717) is 5.56 Å². The Balaban J connectivity index is 2.12. The molecule has 0 saturated heterocycles. The molecule has 0 unspecified atom stereocenters. The molecule has 1 heterocycles. The van der Waals surface area contributed by atoms with E-state index in [4.69, 9.17) is 0 Å².